The number of hydrogen-bond donors (Lipinski definition) is 1. The summed E-state index contributed by atoms with van der Waals surface area (Å²) in [5, 5.41) is 8.93. The van der Waals surface area contributed by atoms with Crippen LogP contribution in [0, 0.1) is 0 Å². The van der Waals surface area contributed by atoms with Gasteiger partial charge in [-0.05, 0) is 30.3 Å². The largest absolute Gasteiger partial charge is 0.493 e. The van der Waals surface area contributed by atoms with Crippen LogP contribution in [0.15, 0.2) is 42.7 Å². The highest BCUT2D eigenvalue weighted by Gasteiger charge is 2.10. The fraction of sp³-hybridized carbons (Fsp3) is 0.0769. The summed E-state index contributed by atoms with van der Waals surface area (Å²) >= 11 is 0. The van der Waals surface area contributed by atoms with Crippen LogP contribution < -0.4 is 9.47 Å². The van der Waals surface area contributed by atoms with Crippen molar-refractivity contribution in [1.29, 1.82) is 0 Å². The molecular formula is C13H11NO4. The molecule has 92 valence electrons. The van der Waals surface area contributed by atoms with E-state index in [1.165, 1.54) is 19.2 Å². The number of hydrogen-bond acceptors (Lipinski definition) is 4. The third-order valence-electron chi connectivity index (χ3n) is 2.29. The minimum Gasteiger partial charge on any atom is -0.493 e. The molecule has 0 atom stereocenters. The lowest BCUT2D eigenvalue weighted by molar-refractivity contribution is 0.0696. The minimum absolute atomic E-state index is 0.139. The summed E-state index contributed by atoms with van der Waals surface area (Å²) in [6.07, 6.45) is 3.17. The van der Waals surface area contributed by atoms with Crippen LogP contribution in [0.2, 0.25) is 0 Å². The van der Waals surface area contributed by atoms with Crippen molar-refractivity contribution in [2.24, 2.45) is 0 Å². The molecule has 0 fully saturated rings. The molecule has 0 unspecified atom stereocenters. The Balaban J connectivity index is 2.35. The number of nitrogens with zero attached hydrogens (tertiary/aromatic N) is 1. The van der Waals surface area contributed by atoms with Crippen LogP contribution in [-0.2, 0) is 0 Å². The molecule has 0 bridgehead atoms. The van der Waals surface area contributed by atoms with Crippen LogP contribution in [-0.4, -0.2) is 23.2 Å². The Morgan fingerprint density at radius 3 is 2.50 bits per heavy atom. The van der Waals surface area contributed by atoms with E-state index in [9.17, 15) is 4.79 Å². The molecule has 5 heteroatoms. The normalized spacial score (nSPS) is 9.83. The Morgan fingerprint density at radius 2 is 1.89 bits per heavy atom. The zero-order chi connectivity index (χ0) is 13.0. The Kier molecular flexibility index (Phi) is 3.43. The molecule has 0 saturated carbocycles. The van der Waals surface area contributed by atoms with Gasteiger partial charge >= 0.3 is 5.97 Å². The number of benzene rings is 1. The first-order valence-electron chi connectivity index (χ1n) is 5.20. The van der Waals surface area contributed by atoms with Gasteiger partial charge in [0.2, 0.25) is 0 Å². The van der Waals surface area contributed by atoms with E-state index in [0.717, 1.165) is 0 Å². The van der Waals surface area contributed by atoms with Crippen molar-refractivity contribution in [1.82, 2.24) is 4.98 Å². The average molecular weight is 245 g/mol. The predicted octanol–water partition coefficient (Wildman–Crippen LogP) is 2.58. The van der Waals surface area contributed by atoms with Crippen LogP contribution in [0.25, 0.3) is 0 Å². The number of ether oxygens (including phenoxy) is 2. The van der Waals surface area contributed by atoms with Gasteiger partial charge in [-0.25, -0.2) is 4.79 Å². The molecule has 0 aliphatic rings. The van der Waals surface area contributed by atoms with E-state index in [1.807, 2.05) is 0 Å². The molecule has 0 radical (unpaired) electrons. The lowest BCUT2D eigenvalue weighted by Gasteiger charge is -2.10. The molecule has 2 aromatic rings. The average Bonchev–Trinajstić information content (AvgIpc) is 2.39. The SMILES string of the molecule is COc1ccc(C(=O)O)cc1Oc1ccncc1. The van der Waals surface area contributed by atoms with Gasteiger partial charge in [-0.1, -0.05) is 0 Å². The van der Waals surface area contributed by atoms with E-state index >= 15 is 0 Å². The molecule has 1 N–H and O–H groups in total. The summed E-state index contributed by atoms with van der Waals surface area (Å²) < 4.78 is 10.7. The number of carboxylic acids is 1. The highest BCUT2D eigenvalue weighted by atomic mass is 16.5. The predicted molar refractivity (Wildman–Crippen MR) is 64.3 cm³/mol. The van der Waals surface area contributed by atoms with E-state index in [1.54, 1.807) is 30.6 Å². The number of rotatable bonds is 4. The van der Waals surface area contributed by atoms with Gasteiger partial charge in [0, 0.05) is 12.4 Å². The third kappa shape index (κ3) is 2.57. The maximum Gasteiger partial charge on any atom is 0.335 e. The summed E-state index contributed by atoms with van der Waals surface area (Å²) in [5.41, 5.74) is 0.139. The third-order valence-corrected chi connectivity index (χ3v) is 2.29. The van der Waals surface area contributed by atoms with Gasteiger partial charge in [-0.3, -0.25) is 4.98 Å². The zero-order valence-corrected chi connectivity index (χ0v) is 9.66. The van der Waals surface area contributed by atoms with Gasteiger partial charge in [-0.15, -0.1) is 0 Å². The van der Waals surface area contributed by atoms with E-state index in [2.05, 4.69) is 4.98 Å². The smallest absolute Gasteiger partial charge is 0.335 e. The molecule has 0 aliphatic carbocycles. The van der Waals surface area contributed by atoms with Crippen molar-refractivity contribution < 1.29 is 19.4 Å². The van der Waals surface area contributed by atoms with Gasteiger partial charge in [-0.2, -0.15) is 0 Å². The topological polar surface area (TPSA) is 68.7 Å². The molecule has 0 amide bonds. The number of methoxy groups -OCH3 is 1. The van der Waals surface area contributed by atoms with Crippen LogP contribution >= 0.6 is 0 Å². The molecular weight excluding hydrogens is 234 g/mol. The second-order valence-corrected chi connectivity index (χ2v) is 3.46. The molecule has 5 nitrogen and oxygen atoms in total. The van der Waals surface area contributed by atoms with Crippen LogP contribution in [0.1, 0.15) is 10.4 Å². The van der Waals surface area contributed by atoms with E-state index in [0.29, 0.717) is 17.2 Å². The molecule has 0 saturated heterocycles. The van der Waals surface area contributed by atoms with E-state index in [4.69, 9.17) is 14.6 Å². The van der Waals surface area contributed by atoms with Crippen LogP contribution in [0.5, 0.6) is 17.2 Å². The summed E-state index contributed by atoms with van der Waals surface area (Å²) in [4.78, 5) is 14.8. The van der Waals surface area contributed by atoms with Gasteiger partial charge in [0.15, 0.2) is 11.5 Å². The van der Waals surface area contributed by atoms with Crippen LogP contribution in [0.3, 0.4) is 0 Å². The standard InChI is InChI=1S/C13H11NO4/c1-17-11-3-2-9(13(15)16)8-12(11)18-10-4-6-14-7-5-10/h2-8H,1H3,(H,15,16). The van der Waals surface area contributed by atoms with Crippen molar-refractivity contribution in [3.8, 4) is 17.2 Å². The lowest BCUT2D eigenvalue weighted by atomic mass is 10.2. The van der Waals surface area contributed by atoms with E-state index < -0.39 is 5.97 Å². The van der Waals surface area contributed by atoms with Gasteiger partial charge in [0.05, 0.1) is 12.7 Å². The first-order valence-corrected chi connectivity index (χ1v) is 5.20. The van der Waals surface area contributed by atoms with Crippen molar-refractivity contribution >= 4 is 5.97 Å². The highest BCUT2D eigenvalue weighted by Crippen LogP contribution is 2.32. The number of aromatic nitrogens is 1. The molecule has 0 aliphatic heterocycles. The summed E-state index contributed by atoms with van der Waals surface area (Å²) in [6, 6.07) is 7.78. The van der Waals surface area contributed by atoms with Gasteiger partial charge in [0.1, 0.15) is 5.75 Å². The fourth-order valence-electron chi connectivity index (χ4n) is 1.42. The number of aromatic carboxylic acids is 1. The van der Waals surface area contributed by atoms with Crippen molar-refractivity contribution in [2.45, 2.75) is 0 Å². The Hall–Kier alpha value is -2.56. The Bertz CT molecular complexity index is 554. The second kappa shape index (κ2) is 5.18. The monoisotopic (exact) mass is 245 g/mol. The number of carbonyl (C=O) groups is 1. The van der Waals surface area contributed by atoms with Gasteiger partial charge < -0.3 is 14.6 Å². The van der Waals surface area contributed by atoms with Crippen molar-refractivity contribution in [3.63, 3.8) is 0 Å². The first kappa shape index (κ1) is 11.9. The van der Waals surface area contributed by atoms with Crippen molar-refractivity contribution in [2.75, 3.05) is 7.11 Å². The van der Waals surface area contributed by atoms with Gasteiger partial charge in [0.25, 0.3) is 0 Å². The maximum absolute atomic E-state index is 10.9. The summed E-state index contributed by atoms with van der Waals surface area (Å²) in [7, 11) is 1.50. The fourth-order valence-corrected chi connectivity index (χ4v) is 1.42. The Labute approximate surface area is 104 Å². The molecule has 1 heterocycles. The maximum atomic E-state index is 10.9. The second-order valence-electron chi connectivity index (χ2n) is 3.46. The molecule has 18 heavy (non-hydrogen) atoms. The molecule has 2 rings (SSSR count). The number of carboxylic acid groups (broad SMARTS) is 1. The summed E-state index contributed by atoms with van der Waals surface area (Å²) in [6.45, 7) is 0. The molecule has 1 aromatic heterocycles. The Morgan fingerprint density at radius 1 is 1.17 bits per heavy atom. The summed E-state index contributed by atoms with van der Waals surface area (Å²) in [5.74, 6) is 0.364. The highest BCUT2D eigenvalue weighted by molar-refractivity contribution is 5.88. The lowest BCUT2D eigenvalue weighted by Crippen LogP contribution is -1.98. The van der Waals surface area contributed by atoms with E-state index in [-0.39, 0.29) is 5.56 Å². The zero-order valence-electron chi connectivity index (χ0n) is 9.66. The van der Waals surface area contributed by atoms with Crippen LogP contribution in [0.4, 0.5) is 0 Å². The minimum atomic E-state index is -1.02. The van der Waals surface area contributed by atoms with Crippen molar-refractivity contribution in [3.05, 3.63) is 48.3 Å². The molecule has 0 spiro atoms. The molecule has 1 aromatic carbocycles. The quantitative estimate of drug-likeness (QED) is 0.896. The number of pyridine rings is 1. The first-order chi connectivity index (χ1) is 8.70.